The van der Waals surface area contributed by atoms with Crippen LogP contribution in [0.25, 0.3) is 0 Å². The average Bonchev–Trinajstić information content (AvgIpc) is 3.46. The van der Waals surface area contributed by atoms with Gasteiger partial charge in [-0.3, -0.25) is 9.59 Å². The molecular weight excluding hydrogens is 314 g/mol. The van der Waals surface area contributed by atoms with E-state index in [1.807, 2.05) is 29.2 Å². The highest BCUT2D eigenvalue weighted by molar-refractivity contribution is 5.94. The molecule has 5 nitrogen and oxygen atoms in total. The van der Waals surface area contributed by atoms with Crippen LogP contribution in [-0.2, 0) is 4.79 Å². The fourth-order valence-corrected chi connectivity index (χ4v) is 3.17. The highest BCUT2D eigenvalue weighted by Gasteiger charge is 2.34. The number of amides is 2. The van der Waals surface area contributed by atoms with Gasteiger partial charge in [-0.05, 0) is 49.4 Å². The highest BCUT2D eigenvalue weighted by atomic mass is 16.2. The zero-order valence-electron chi connectivity index (χ0n) is 15.3. The molecule has 0 atom stereocenters. The summed E-state index contributed by atoms with van der Waals surface area (Å²) >= 11 is 0. The van der Waals surface area contributed by atoms with E-state index in [0.717, 1.165) is 57.7 Å². The first kappa shape index (κ1) is 17.8. The molecule has 1 aliphatic heterocycles. The molecule has 0 aromatic heterocycles. The third-order valence-electron chi connectivity index (χ3n) is 5.02. The van der Waals surface area contributed by atoms with E-state index in [4.69, 9.17) is 0 Å². The van der Waals surface area contributed by atoms with Crippen molar-refractivity contribution in [1.29, 1.82) is 0 Å². The van der Waals surface area contributed by atoms with Crippen molar-refractivity contribution in [3.8, 4) is 0 Å². The van der Waals surface area contributed by atoms with Gasteiger partial charge in [-0.25, -0.2) is 0 Å². The molecule has 25 heavy (non-hydrogen) atoms. The van der Waals surface area contributed by atoms with Crippen LogP contribution in [0.15, 0.2) is 24.3 Å². The molecule has 1 aromatic carbocycles. The predicted molar refractivity (Wildman–Crippen MR) is 99.7 cm³/mol. The molecule has 0 unspecified atom stereocenters. The van der Waals surface area contributed by atoms with E-state index in [-0.39, 0.29) is 5.91 Å². The lowest BCUT2D eigenvalue weighted by Crippen LogP contribution is -2.49. The van der Waals surface area contributed by atoms with Gasteiger partial charge in [0.05, 0.1) is 0 Å². The lowest BCUT2D eigenvalue weighted by atomic mass is 10.1. The summed E-state index contributed by atoms with van der Waals surface area (Å²) in [6, 6.07) is 7.80. The third-order valence-corrected chi connectivity index (χ3v) is 5.02. The molecular formula is C20H29N3O2. The number of carbonyl (C=O) groups is 2. The minimum atomic E-state index is -0.00736. The summed E-state index contributed by atoms with van der Waals surface area (Å²) in [4.78, 5) is 28.5. The van der Waals surface area contributed by atoms with Crippen LogP contribution in [-0.4, -0.2) is 49.4 Å². The van der Waals surface area contributed by atoms with Crippen LogP contribution in [0.1, 0.15) is 43.5 Å². The van der Waals surface area contributed by atoms with Crippen LogP contribution in [0, 0.1) is 11.8 Å². The van der Waals surface area contributed by atoms with Crippen molar-refractivity contribution in [1.82, 2.24) is 10.2 Å². The van der Waals surface area contributed by atoms with Gasteiger partial charge >= 0.3 is 0 Å². The van der Waals surface area contributed by atoms with E-state index in [2.05, 4.69) is 24.1 Å². The molecule has 0 bridgehead atoms. The van der Waals surface area contributed by atoms with E-state index in [0.29, 0.717) is 23.3 Å². The van der Waals surface area contributed by atoms with Crippen molar-refractivity contribution >= 4 is 17.5 Å². The van der Waals surface area contributed by atoms with Gasteiger partial charge in [0.15, 0.2) is 0 Å². The number of hydrogen-bond donors (Lipinski definition) is 1. The molecule has 1 N–H and O–H groups in total. The largest absolute Gasteiger partial charge is 0.368 e. The molecule has 2 fully saturated rings. The second kappa shape index (κ2) is 7.89. The minimum Gasteiger partial charge on any atom is -0.368 e. The Hall–Kier alpha value is -2.04. The summed E-state index contributed by atoms with van der Waals surface area (Å²) in [6.45, 7) is 8.34. The molecule has 2 amide bonds. The maximum Gasteiger partial charge on any atom is 0.251 e. The van der Waals surface area contributed by atoms with Crippen molar-refractivity contribution in [2.75, 3.05) is 37.6 Å². The first-order valence-corrected chi connectivity index (χ1v) is 9.46. The summed E-state index contributed by atoms with van der Waals surface area (Å²) in [5.74, 6) is 1.23. The van der Waals surface area contributed by atoms with E-state index >= 15 is 0 Å². The Bertz CT molecular complexity index is 600. The summed E-state index contributed by atoms with van der Waals surface area (Å²) in [7, 11) is 0. The van der Waals surface area contributed by atoms with E-state index < -0.39 is 0 Å². The molecule has 1 heterocycles. The van der Waals surface area contributed by atoms with Gasteiger partial charge < -0.3 is 15.1 Å². The first-order chi connectivity index (χ1) is 12.0. The molecule has 1 aliphatic carbocycles. The Morgan fingerprint density at radius 2 is 1.72 bits per heavy atom. The number of piperazine rings is 1. The van der Waals surface area contributed by atoms with Gasteiger partial charge in [-0.2, -0.15) is 0 Å². The standard InChI is InChI=1S/C20H29N3O2/c1-15(2)9-10-21-19(24)16-5-7-18(8-6-16)22-11-13-23(14-12-22)20(25)17-3-4-17/h5-8,15,17H,3-4,9-14H2,1-2H3,(H,21,24). The van der Waals surface area contributed by atoms with E-state index in [1.54, 1.807) is 0 Å². The van der Waals surface area contributed by atoms with Gasteiger partial charge in [0.1, 0.15) is 0 Å². The number of carbonyl (C=O) groups excluding carboxylic acids is 2. The lowest BCUT2D eigenvalue weighted by Gasteiger charge is -2.36. The van der Waals surface area contributed by atoms with Crippen molar-refractivity contribution in [2.24, 2.45) is 11.8 Å². The van der Waals surface area contributed by atoms with Crippen LogP contribution >= 0.6 is 0 Å². The molecule has 0 radical (unpaired) electrons. The van der Waals surface area contributed by atoms with Crippen LogP contribution in [0.4, 0.5) is 5.69 Å². The van der Waals surface area contributed by atoms with Crippen LogP contribution in [0.5, 0.6) is 0 Å². The fraction of sp³-hybridized carbons (Fsp3) is 0.600. The number of nitrogens with zero attached hydrogens (tertiary/aromatic N) is 2. The predicted octanol–water partition coefficient (Wildman–Crippen LogP) is 2.52. The summed E-state index contributed by atoms with van der Waals surface area (Å²) in [6.07, 6.45) is 3.13. The maximum atomic E-state index is 12.1. The molecule has 0 spiro atoms. The molecule has 5 heteroatoms. The zero-order valence-corrected chi connectivity index (χ0v) is 15.3. The number of hydrogen-bond acceptors (Lipinski definition) is 3. The number of nitrogens with one attached hydrogen (secondary N) is 1. The van der Waals surface area contributed by atoms with Crippen LogP contribution in [0.3, 0.4) is 0 Å². The lowest BCUT2D eigenvalue weighted by molar-refractivity contribution is -0.132. The average molecular weight is 343 g/mol. The van der Waals surface area contributed by atoms with E-state index in [1.165, 1.54) is 0 Å². The Balaban J connectivity index is 1.49. The van der Waals surface area contributed by atoms with Gasteiger partial charge in [0, 0.05) is 49.9 Å². The normalized spacial score (nSPS) is 17.7. The number of benzene rings is 1. The molecule has 1 aromatic rings. The summed E-state index contributed by atoms with van der Waals surface area (Å²) in [5.41, 5.74) is 1.83. The maximum absolute atomic E-state index is 12.1. The zero-order chi connectivity index (χ0) is 17.8. The number of anilines is 1. The Labute approximate surface area is 150 Å². The van der Waals surface area contributed by atoms with Crippen molar-refractivity contribution in [3.63, 3.8) is 0 Å². The Morgan fingerprint density at radius 3 is 2.28 bits per heavy atom. The van der Waals surface area contributed by atoms with Gasteiger partial charge in [0.2, 0.25) is 5.91 Å². The monoisotopic (exact) mass is 343 g/mol. The number of rotatable bonds is 6. The second-order valence-corrected chi connectivity index (χ2v) is 7.57. The van der Waals surface area contributed by atoms with Crippen LogP contribution < -0.4 is 10.2 Å². The van der Waals surface area contributed by atoms with Crippen molar-refractivity contribution in [2.45, 2.75) is 33.1 Å². The highest BCUT2D eigenvalue weighted by Crippen LogP contribution is 2.31. The van der Waals surface area contributed by atoms with Crippen molar-refractivity contribution in [3.05, 3.63) is 29.8 Å². The summed E-state index contributed by atoms with van der Waals surface area (Å²) in [5, 5.41) is 2.97. The van der Waals surface area contributed by atoms with Gasteiger partial charge in [-0.15, -0.1) is 0 Å². The van der Waals surface area contributed by atoms with Gasteiger partial charge in [0.25, 0.3) is 5.91 Å². The van der Waals surface area contributed by atoms with Gasteiger partial charge in [-0.1, -0.05) is 13.8 Å². The second-order valence-electron chi connectivity index (χ2n) is 7.57. The molecule has 3 rings (SSSR count). The topological polar surface area (TPSA) is 52.7 Å². The SMILES string of the molecule is CC(C)CCNC(=O)c1ccc(N2CCN(C(=O)C3CC3)CC2)cc1. The smallest absolute Gasteiger partial charge is 0.251 e. The Kier molecular flexibility index (Phi) is 5.61. The minimum absolute atomic E-state index is 0.00736. The Morgan fingerprint density at radius 1 is 1.08 bits per heavy atom. The molecule has 2 aliphatic rings. The fourth-order valence-electron chi connectivity index (χ4n) is 3.17. The quantitative estimate of drug-likeness (QED) is 0.863. The van der Waals surface area contributed by atoms with Crippen molar-refractivity contribution < 1.29 is 9.59 Å². The first-order valence-electron chi connectivity index (χ1n) is 9.46. The van der Waals surface area contributed by atoms with Crippen LogP contribution in [0.2, 0.25) is 0 Å². The molecule has 1 saturated heterocycles. The summed E-state index contributed by atoms with van der Waals surface area (Å²) < 4.78 is 0. The molecule has 136 valence electrons. The third kappa shape index (κ3) is 4.74. The van der Waals surface area contributed by atoms with E-state index in [9.17, 15) is 9.59 Å². The molecule has 1 saturated carbocycles.